The van der Waals surface area contributed by atoms with Gasteiger partial charge in [-0.15, -0.1) is 10.2 Å². The van der Waals surface area contributed by atoms with Gasteiger partial charge in [-0.25, -0.2) is 4.79 Å². The van der Waals surface area contributed by atoms with Crippen molar-refractivity contribution in [2.45, 2.75) is 19.5 Å². The van der Waals surface area contributed by atoms with E-state index in [0.717, 1.165) is 16.0 Å². The van der Waals surface area contributed by atoms with Crippen LogP contribution in [0.3, 0.4) is 0 Å². The lowest BCUT2D eigenvalue weighted by atomic mass is 10.1. The number of aromatic nitrogens is 5. The molecule has 28 heavy (non-hydrogen) atoms. The van der Waals surface area contributed by atoms with E-state index < -0.39 is 11.2 Å². The number of hydrogen-bond donors (Lipinski definition) is 0. The highest BCUT2D eigenvalue weighted by atomic mass is 16.2. The Balaban J connectivity index is 1.70. The molecule has 2 aromatic heterocycles. The maximum absolute atomic E-state index is 13.0. The number of nitrogens with zero attached hydrogens (tertiary/aromatic N) is 6. The summed E-state index contributed by atoms with van der Waals surface area (Å²) in [5, 5.41) is 8.58. The first-order valence-electron chi connectivity index (χ1n) is 8.94. The summed E-state index contributed by atoms with van der Waals surface area (Å²) in [5.41, 5.74) is -0.0140. The van der Waals surface area contributed by atoms with Gasteiger partial charge >= 0.3 is 5.69 Å². The van der Waals surface area contributed by atoms with Crippen LogP contribution in [0.4, 0.5) is 0 Å². The van der Waals surface area contributed by atoms with Gasteiger partial charge in [0.2, 0.25) is 0 Å². The molecule has 4 rings (SSSR count). The lowest BCUT2D eigenvalue weighted by Crippen LogP contribution is -2.45. The fourth-order valence-electron chi connectivity index (χ4n) is 3.57. The van der Waals surface area contributed by atoms with Crippen LogP contribution >= 0.6 is 0 Å². The largest absolute Gasteiger partial charge is 0.331 e. The van der Waals surface area contributed by atoms with Crippen LogP contribution in [0.25, 0.3) is 11.4 Å². The summed E-state index contributed by atoms with van der Waals surface area (Å²) in [4.78, 5) is 38.7. The quantitative estimate of drug-likeness (QED) is 0.647. The highest BCUT2D eigenvalue weighted by molar-refractivity contribution is 5.92. The molecule has 0 bridgehead atoms. The van der Waals surface area contributed by atoms with Crippen molar-refractivity contribution in [3.63, 3.8) is 0 Å². The number of carbonyl (C=O) groups excluding carboxylic acids is 1. The molecule has 0 N–H and O–H groups in total. The molecule has 1 aliphatic heterocycles. The second kappa shape index (κ2) is 6.59. The van der Waals surface area contributed by atoms with Gasteiger partial charge in [-0.3, -0.25) is 18.7 Å². The highest BCUT2D eigenvalue weighted by Gasteiger charge is 2.31. The zero-order chi connectivity index (χ0) is 20.0. The van der Waals surface area contributed by atoms with Gasteiger partial charge in [-0.05, 0) is 6.92 Å². The second-order valence-corrected chi connectivity index (χ2v) is 6.98. The molecule has 9 heteroatoms. The predicted molar refractivity (Wildman–Crippen MR) is 102 cm³/mol. The smallest absolute Gasteiger partial charge is 0.328 e. The van der Waals surface area contributed by atoms with Crippen molar-refractivity contribution in [3.05, 3.63) is 68.8 Å². The Morgan fingerprint density at radius 1 is 1.07 bits per heavy atom. The normalized spacial score (nSPS) is 16.1. The van der Waals surface area contributed by atoms with E-state index in [2.05, 4.69) is 10.2 Å². The van der Waals surface area contributed by atoms with Crippen LogP contribution in [0.1, 0.15) is 29.3 Å². The van der Waals surface area contributed by atoms with Crippen molar-refractivity contribution in [3.8, 4) is 11.4 Å². The van der Waals surface area contributed by atoms with Gasteiger partial charge in [0, 0.05) is 32.3 Å². The third-order valence-electron chi connectivity index (χ3n) is 5.09. The van der Waals surface area contributed by atoms with Crippen molar-refractivity contribution in [1.29, 1.82) is 0 Å². The average molecular weight is 380 g/mol. The summed E-state index contributed by atoms with van der Waals surface area (Å²) in [6.07, 6.45) is 0. The number of rotatable bonds is 2. The molecule has 1 aliphatic rings. The maximum atomic E-state index is 13.0. The lowest BCUT2D eigenvalue weighted by Gasteiger charge is -2.32. The van der Waals surface area contributed by atoms with Gasteiger partial charge < -0.3 is 9.47 Å². The van der Waals surface area contributed by atoms with Crippen LogP contribution in [0, 0.1) is 0 Å². The van der Waals surface area contributed by atoms with E-state index in [9.17, 15) is 14.4 Å². The maximum Gasteiger partial charge on any atom is 0.331 e. The van der Waals surface area contributed by atoms with Crippen molar-refractivity contribution < 1.29 is 4.79 Å². The number of amides is 1. The molecule has 144 valence electrons. The van der Waals surface area contributed by atoms with Crippen molar-refractivity contribution in [2.75, 3.05) is 6.54 Å². The molecule has 1 amide bonds. The van der Waals surface area contributed by atoms with E-state index in [1.54, 1.807) is 4.90 Å². The van der Waals surface area contributed by atoms with Crippen LogP contribution in [0.15, 0.2) is 46.0 Å². The molecule has 1 atom stereocenters. The molecule has 0 radical (unpaired) electrons. The fourth-order valence-corrected chi connectivity index (χ4v) is 3.57. The molecule has 0 fully saturated rings. The Morgan fingerprint density at radius 2 is 1.79 bits per heavy atom. The van der Waals surface area contributed by atoms with E-state index >= 15 is 0 Å². The molecule has 0 spiro atoms. The Labute approximate surface area is 160 Å². The molecule has 1 aromatic carbocycles. The second-order valence-electron chi connectivity index (χ2n) is 6.98. The fraction of sp³-hybridized carbons (Fsp3) is 0.316. The van der Waals surface area contributed by atoms with Crippen LogP contribution in [-0.2, 0) is 20.6 Å². The third-order valence-corrected chi connectivity index (χ3v) is 5.09. The molecule has 3 heterocycles. The van der Waals surface area contributed by atoms with E-state index in [4.69, 9.17) is 0 Å². The molecule has 0 saturated carbocycles. The first-order chi connectivity index (χ1) is 13.4. The monoisotopic (exact) mass is 380 g/mol. The van der Waals surface area contributed by atoms with Gasteiger partial charge in [0.05, 0.1) is 12.6 Å². The predicted octanol–water partition coefficient (Wildman–Crippen LogP) is 0.560. The van der Waals surface area contributed by atoms with E-state index in [-0.39, 0.29) is 24.2 Å². The molecule has 0 aliphatic carbocycles. The molecule has 9 nitrogen and oxygen atoms in total. The summed E-state index contributed by atoms with van der Waals surface area (Å²) in [7, 11) is 2.87. The summed E-state index contributed by atoms with van der Waals surface area (Å²) in [5.74, 6) is 1.05. The Bertz CT molecular complexity index is 1170. The van der Waals surface area contributed by atoms with Crippen molar-refractivity contribution >= 4 is 5.91 Å². The van der Waals surface area contributed by atoms with Crippen molar-refractivity contribution in [1.82, 2.24) is 28.8 Å². The lowest BCUT2D eigenvalue weighted by molar-refractivity contribution is 0.0670. The van der Waals surface area contributed by atoms with E-state index in [1.807, 2.05) is 41.8 Å². The summed E-state index contributed by atoms with van der Waals surface area (Å²) >= 11 is 0. The zero-order valence-electron chi connectivity index (χ0n) is 15.9. The number of benzene rings is 1. The number of fused-ring (bicyclic) bond motifs is 1. The van der Waals surface area contributed by atoms with Crippen molar-refractivity contribution in [2.24, 2.45) is 14.1 Å². The van der Waals surface area contributed by atoms with Crippen LogP contribution in [-0.4, -0.2) is 41.3 Å². The van der Waals surface area contributed by atoms with Gasteiger partial charge in [-0.1, -0.05) is 30.3 Å². The summed E-state index contributed by atoms with van der Waals surface area (Å²) in [6, 6.07) is 10.9. The van der Waals surface area contributed by atoms with Gasteiger partial charge in [0.1, 0.15) is 5.69 Å². The summed E-state index contributed by atoms with van der Waals surface area (Å²) in [6.45, 7) is 2.67. The van der Waals surface area contributed by atoms with E-state index in [1.165, 1.54) is 24.7 Å². The third kappa shape index (κ3) is 2.75. The van der Waals surface area contributed by atoms with Gasteiger partial charge in [0.15, 0.2) is 11.6 Å². The van der Waals surface area contributed by atoms with Crippen LogP contribution in [0.2, 0.25) is 0 Å². The van der Waals surface area contributed by atoms with Crippen LogP contribution in [0.5, 0.6) is 0 Å². The molecular weight excluding hydrogens is 360 g/mol. The van der Waals surface area contributed by atoms with E-state index in [0.29, 0.717) is 12.4 Å². The molecule has 0 saturated heterocycles. The number of carbonyl (C=O) groups is 1. The molecule has 3 aromatic rings. The molecular formula is C19H20N6O3. The SMILES string of the molecule is C[C@H]1CN(C(=O)c2cc(=O)n(C)c(=O)n2C)Cc2nnc(-c3ccccc3)n21. The first-order valence-corrected chi connectivity index (χ1v) is 8.94. The zero-order valence-corrected chi connectivity index (χ0v) is 15.9. The van der Waals surface area contributed by atoms with Gasteiger partial charge in [0.25, 0.3) is 11.5 Å². The van der Waals surface area contributed by atoms with Gasteiger partial charge in [-0.2, -0.15) is 0 Å². The first kappa shape index (κ1) is 17.9. The minimum atomic E-state index is -0.532. The summed E-state index contributed by atoms with van der Waals surface area (Å²) < 4.78 is 4.20. The topological polar surface area (TPSA) is 95.0 Å². The standard InChI is InChI=1S/C19H20N6O3/c1-12-10-24(18(27)14-9-16(26)23(3)19(28)22(14)2)11-15-20-21-17(25(12)15)13-7-5-4-6-8-13/h4-9,12H,10-11H2,1-3H3/t12-/m0/s1. The Morgan fingerprint density at radius 3 is 2.50 bits per heavy atom. The Kier molecular flexibility index (Phi) is 4.21. The molecule has 0 unspecified atom stereocenters. The van der Waals surface area contributed by atoms with Crippen LogP contribution < -0.4 is 11.2 Å². The Hall–Kier alpha value is -3.49. The minimum Gasteiger partial charge on any atom is -0.328 e. The average Bonchev–Trinajstić information content (AvgIpc) is 3.14. The minimum absolute atomic E-state index is 0.0542. The number of hydrogen-bond acceptors (Lipinski definition) is 5. The highest BCUT2D eigenvalue weighted by Crippen LogP contribution is 2.27.